The number of rotatable bonds is 7. The Labute approximate surface area is 139 Å². The van der Waals surface area contributed by atoms with Gasteiger partial charge in [0.2, 0.25) is 0 Å². The van der Waals surface area contributed by atoms with Crippen LogP contribution < -0.4 is 4.90 Å². The maximum Gasteiger partial charge on any atom is 0.333 e. The molecule has 0 saturated heterocycles. The number of pyridine rings is 1. The van der Waals surface area contributed by atoms with Gasteiger partial charge in [-0.15, -0.1) is 15.3 Å². The molecule has 0 spiro atoms. The first kappa shape index (κ1) is 17.1. The number of azo groups is 1. The minimum absolute atomic E-state index is 0.179. The lowest BCUT2D eigenvalue weighted by atomic mass is 10.4. The molecule has 0 aliphatic heterocycles. The Morgan fingerprint density at radius 3 is 2.75 bits per heavy atom. The molecule has 2 aromatic rings. The van der Waals surface area contributed by atoms with Crippen molar-refractivity contribution >= 4 is 23.4 Å². The molecule has 9 heteroatoms. The predicted molar refractivity (Wildman–Crippen MR) is 87.3 cm³/mol. The molecular weight excluding hydrogens is 310 g/mol. The van der Waals surface area contributed by atoms with Crippen LogP contribution >= 0.6 is 0 Å². The molecule has 0 N–H and O–H groups in total. The molecule has 124 valence electrons. The van der Waals surface area contributed by atoms with Crippen LogP contribution in [0.5, 0.6) is 0 Å². The van der Waals surface area contributed by atoms with Crippen molar-refractivity contribution in [2.45, 2.75) is 6.92 Å². The van der Waals surface area contributed by atoms with Crippen molar-refractivity contribution in [3.05, 3.63) is 42.9 Å². The summed E-state index contributed by atoms with van der Waals surface area (Å²) in [5, 5.41) is 15.2. The summed E-state index contributed by atoms with van der Waals surface area (Å²) in [6, 6.07) is 3.55. The number of carbonyl (C=O) groups excluding carboxylic acids is 1. The van der Waals surface area contributed by atoms with Crippen LogP contribution in [0, 0.1) is 0 Å². The zero-order valence-corrected chi connectivity index (χ0v) is 13.5. The van der Waals surface area contributed by atoms with Crippen LogP contribution in [0.25, 0.3) is 0 Å². The fourth-order valence-corrected chi connectivity index (χ4v) is 1.57. The Bertz CT molecular complexity index is 716. The zero-order valence-electron chi connectivity index (χ0n) is 13.5. The summed E-state index contributed by atoms with van der Waals surface area (Å²) >= 11 is 0. The van der Waals surface area contributed by atoms with Gasteiger partial charge in [0.1, 0.15) is 18.1 Å². The summed E-state index contributed by atoms with van der Waals surface area (Å²) in [7, 11) is 1.85. The molecule has 0 bridgehead atoms. The molecule has 0 amide bonds. The molecule has 0 radical (unpaired) electrons. The van der Waals surface area contributed by atoms with E-state index in [0.29, 0.717) is 17.8 Å². The second kappa shape index (κ2) is 8.42. The Balaban J connectivity index is 1.88. The van der Waals surface area contributed by atoms with E-state index >= 15 is 0 Å². The van der Waals surface area contributed by atoms with E-state index in [9.17, 15) is 4.79 Å². The minimum Gasteiger partial charge on any atom is -0.460 e. The smallest absolute Gasteiger partial charge is 0.333 e. The second-order valence-electron chi connectivity index (χ2n) is 4.86. The van der Waals surface area contributed by atoms with Gasteiger partial charge < -0.3 is 9.64 Å². The molecule has 0 aliphatic rings. The highest BCUT2D eigenvalue weighted by Crippen LogP contribution is 2.17. The number of anilines is 1. The highest BCUT2D eigenvalue weighted by molar-refractivity contribution is 5.86. The van der Waals surface area contributed by atoms with Crippen molar-refractivity contribution < 1.29 is 9.53 Å². The van der Waals surface area contributed by atoms with Crippen LogP contribution in [0.4, 0.5) is 17.5 Å². The first-order chi connectivity index (χ1) is 11.6. The average molecular weight is 327 g/mol. The first-order valence-electron chi connectivity index (χ1n) is 7.11. The van der Waals surface area contributed by atoms with Gasteiger partial charge in [-0.3, -0.25) is 0 Å². The second-order valence-corrected chi connectivity index (χ2v) is 4.86. The summed E-state index contributed by atoms with van der Waals surface area (Å²) in [5.74, 6) is 0.501. The largest absolute Gasteiger partial charge is 0.460 e. The quantitative estimate of drug-likeness (QED) is 0.436. The number of hydrogen-bond acceptors (Lipinski definition) is 9. The molecule has 0 aliphatic carbocycles. The molecule has 2 rings (SSSR count). The van der Waals surface area contributed by atoms with E-state index in [0.717, 1.165) is 5.82 Å². The molecular formula is C15H17N7O2. The average Bonchev–Trinajstić information content (AvgIpc) is 2.61. The van der Waals surface area contributed by atoms with E-state index in [1.165, 1.54) is 12.4 Å². The van der Waals surface area contributed by atoms with Gasteiger partial charge in [-0.2, -0.15) is 5.10 Å². The number of nitrogens with zero attached hydrogens (tertiary/aromatic N) is 7. The highest BCUT2D eigenvalue weighted by atomic mass is 16.5. The summed E-state index contributed by atoms with van der Waals surface area (Å²) < 4.78 is 5.05. The monoisotopic (exact) mass is 327 g/mol. The Hall–Kier alpha value is -3.23. The van der Waals surface area contributed by atoms with Crippen molar-refractivity contribution in [1.82, 2.24) is 20.2 Å². The lowest BCUT2D eigenvalue weighted by molar-refractivity contribution is -0.138. The fourth-order valence-electron chi connectivity index (χ4n) is 1.57. The summed E-state index contributed by atoms with van der Waals surface area (Å²) in [5.41, 5.74) is 0.941. The molecule has 2 aromatic heterocycles. The van der Waals surface area contributed by atoms with Crippen LogP contribution in [0.15, 0.2) is 53.1 Å². The zero-order chi connectivity index (χ0) is 17.4. The molecule has 0 atom stereocenters. The van der Waals surface area contributed by atoms with Crippen LogP contribution in [-0.4, -0.2) is 46.3 Å². The van der Waals surface area contributed by atoms with E-state index in [1.54, 1.807) is 25.3 Å². The van der Waals surface area contributed by atoms with E-state index in [1.807, 2.05) is 11.9 Å². The van der Waals surface area contributed by atoms with Gasteiger partial charge in [0.05, 0.1) is 25.1 Å². The summed E-state index contributed by atoms with van der Waals surface area (Å²) in [4.78, 5) is 21.3. The molecule has 0 aromatic carbocycles. The van der Waals surface area contributed by atoms with Crippen LogP contribution in [0.2, 0.25) is 0 Å². The Kier molecular flexibility index (Phi) is 6.01. The van der Waals surface area contributed by atoms with Crippen molar-refractivity contribution in [2.24, 2.45) is 10.2 Å². The SMILES string of the molecule is C=C(C)C(=O)OCCN(C)c1ccc(/N=N/c2nccnn2)cn1. The fraction of sp³-hybridized carbons (Fsp3) is 0.267. The van der Waals surface area contributed by atoms with Crippen LogP contribution in [0.1, 0.15) is 6.92 Å². The van der Waals surface area contributed by atoms with Gasteiger partial charge >= 0.3 is 5.97 Å². The van der Waals surface area contributed by atoms with Gasteiger partial charge in [0.25, 0.3) is 5.95 Å². The van der Waals surface area contributed by atoms with Crippen molar-refractivity contribution in [1.29, 1.82) is 0 Å². The number of esters is 1. The van der Waals surface area contributed by atoms with Crippen molar-refractivity contribution in [3.63, 3.8) is 0 Å². The van der Waals surface area contributed by atoms with Crippen LogP contribution in [0.3, 0.4) is 0 Å². The summed E-state index contributed by atoms with van der Waals surface area (Å²) in [6.07, 6.45) is 4.52. The third-order valence-corrected chi connectivity index (χ3v) is 2.86. The molecule has 0 saturated carbocycles. The summed E-state index contributed by atoms with van der Waals surface area (Å²) in [6.45, 7) is 5.90. The number of ether oxygens (including phenoxy) is 1. The molecule has 0 unspecified atom stereocenters. The molecule has 9 nitrogen and oxygen atoms in total. The van der Waals surface area contributed by atoms with Crippen molar-refractivity contribution in [2.75, 3.05) is 25.1 Å². The lowest BCUT2D eigenvalue weighted by Gasteiger charge is -2.17. The number of carbonyl (C=O) groups is 1. The third-order valence-electron chi connectivity index (χ3n) is 2.86. The lowest BCUT2D eigenvalue weighted by Crippen LogP contribution is -2.24. The van der Waals surface area contributed by atoms with E-state index < -0.39 is 5.97 Å². The van der Waals surface area contributed by atoms with E-state index in [2.05, 4.69) is 37.0 Å². The number of likely N-dealkylation sites (N-methyl/N-ethyl adjacent to an activating group) is 1. The topological polar surface area (TPSA) is 106 Å². The predicted octanol–water partition coefficient (Wildman–Crippen LogP) is 2.24. The van der Waals surface area contributed by atoms with Gasteiger partial charge in [0, 0.05) is 12.6 Å². The third kappa shape index (κ3) is 5.20. The van der Waals surface area contributed by atoms with Gasteiger partial charge in [-0.1, -0.05) is 6.58 Å². The van der Waals surface area contributed by atoms with Crippen LogP contribution in [-0.2, 0) is 9.53 Å². The number of hydrogen-bond donors (Lipinski definition) is 0. The Morgan fingerprint density at radius 2 is 2.12 bits per heavy atom. The van der Waals surface area contributed by atoms with Gasteiger partial charge in [-0.25, -0.2) is 14.8 Å². The first-order valence-corrected chi connectivity index (χ1v) is 7.11. The number of aromatic nitrogens is 4. The maximum absolute atomic E-state index is 11.3. The van der Waals surface area contributed by atoms with E-state index in [-0.39, 0.29) is 12.6 Å². The molecule has 24 heavy (non-hydrogen) atoms. The molecule has 2 heterocycles. The van der Waals surface area contributed by atoms with Crippen molar-refractivity contribution in [3.8, 4) is 0 Å². The normalized spacial score (nSPS) is 10.6. The Morgan fingerprint density at radius 1 is 1.29 bits per heavy atom. The standard InChI is InChI=1S/C15H17N7O2/c1-11(2)14(23)24-9-8-22(3)13-5-4-12(10-17-13)19-21-15-16-6-7-18-20-15/h4-7,10H,1,8-9H2,2-3H3/b21-19+. The molecule has 0 fully saturated rings. The maximum atomic E-state index is 11.3. The van der Waals surface area contributed by atoms with Gasteiger partial charge in [0.15, 0.2) is 0 Å². The highest BCUT2D eigenvalue weighted by Gasteiger charge is 2.06. The van der Waals surface area contributed by atoms with Gasteiger partial charge in [-0.05, 0) is 19.1 Å². The van der Waals surface area contributed by atoms with E-state index in [4.69, 9.17) is 4.74 Å². The minimum atomic E-state index is -0.398.